The van der Waals surface area contributed by atoms with E-state index in [4.69, 9.17) is 14.2 Å². The first-order valence-electron chi connectivity index (χ1n) is 10.2. The van der Waals surface area contributed by atoms with Crippen LogP contribution in [0.15, 0.2) is 11.6 Å². The minimum absolute atomic E-state index is 0.222. The van der Waals surface area contributed by atoms with E-state index in [2.05, 4.69) is 19.9 Å². The first-order chi connectivity index (χ1) is 11.6. The average Bonchev–Trinajstić information content (AvgIpc) is 3.09. The second kappa shape index (κ2) is 4.47. The van der Waals surface area contributed by atoms with E-state index in [0.717, 1.165) is 37.4 Å². The predicted molar refractivity (Wildman–Crippen MR) is 90.4 cm³/mol. The minimum Gasteiger partial charge on any atom is -0.365 e. The predicted octanol–water partition coefficient (Wildman–Crippen LogP) is 4.07. The van der Waals surface area contributed by atoms with Crippen molar-refractivity contribution in [2.75, 3.05) is 13.2 Å². The number of ether oxygens (including phenoxy) is 3. The third-order valence-corrected chi connectivity index (χ3v) is 9.16. The molecule has 4 aliphatic carbocycles. The highest BCUT2D eigenvalue weighted by molar-refractivity contribution is 5.33. The van der Waals surface area contributed by atoms with Gasteiger partial charge < -0.3 is 14.2 Å². The van der Waals surface area contributed by atoms with Crippen molar-refractivity contribution in [3.8, 4) is 0 Å². The van der Waals surface area contributed by atoms with Crippen molar-refractivity contribution in [1.29, 1.82) is 0 Å². The van der Waals surface area contributed by atoms with Gasteiger partial charge in [-0.3, -0.25) is 0 Å². The Kier molecular flexibility index (Phi) is 2.75. The second-order valence-electron chi connectivity index (χ2n) is 9.77. The van der Waals surface area contributed by atoms with Crippen molar-refractivity contribution in [2.24, 2.45) is 28.6 Å². The first kappa shape index (κ1) is 14.8. The van der Waals surface area contributed by atoms with Crippen LogP contribution in [0.3, 0.4) is 0 Å². The SMILES string of the molecule is C[C@]12CC[C@H]3O[C@H]3C1=CC[C@@H]1[C@@H]2CC[C@@]2(C)[C@H]1CCC21OCCO1. The Bertz CT molecular complexity index is 606. The molecule has 0 aromatic heterocycles. The first-order valence-corrected chi connectivity index (χ1v) is 10.2. The lowest BCUT2D eigenvalue weighted by molar-refractivity contribution is -0.241. The minimum atomic E-state index is -0.259. The maximum absolute atomic E-state index is 6.25. The van der Waals surface area contributed by atoms with Gasteiger partial charge in [0.25, 0.3) is 0 Å². The highest BCUT2D eigenvalue weighted by Gasteiger charge is 2.67. The Morgan fingerprint density at radius 2 is 1.75 bits per heavy atom. The molecule has 6 aliphatic rings. The lowest BCUT2D eigenvalue weighted by Crippen LogP contribution is -2.55. The third kappa shape index (κ3) is 1.57. The van der Waals surface area contributed by atoms with Crippen LogP contribution < -0.4 is 0 Å². The number of hydrogen-bond donors (Lipinski definition) is 0. The van der Waals surface area contributed by atoms with E-state index in [1.165, 1.54) is 38.5 Å². The summed E-state index contributed by atoms with van der Waals surface area (Å²) in [5.41, 5.74) is 2.29. The van der Waals surface area contributed by atoms with Gasteiger partial charge in [0.1, 0.15) is 6.10 Å². The molecule has 0 aromatic rings. The monoisotopic (exact) mass is 330 g/mol. The average molecular weight is 330 g/mol. The molecule has 0 amide bonds. The summed E-state index contributed by atoms with van der Waals surface area (Å²) in [6.45, 7) is 6.62. The fraction of sp³-hybridized carbons (Fsp3) is 0.905. The van der Waals surface area contributed by atoms with E-state index in [-0.39, 0.29) is 11.2 Å². The molecular weight excluding hydrogens is 300 g/mol. The highest BCUT2D eigenvalue weighted by atomic mass is 16.7. The Balaban J connectivity index is 1.38. The van der Waals surface area contributed by atoms with Crippen molar-refractivity contribution in [3.63, 3.8) is 0 Å². The standard InChI is InChI=1S/C21H30O3/c1-19-8-7-17-18(24-17)16(19)4-3-13-14(19)5-9-20(2)15(13)6-10-21(20)22-11-12-23-21/h4,13-15,17-18H,3,5-12H2,1-2H3/t13-,14+,15+,17-,18+,19-,20+/m1/s1. The van der Waals surface area contributed by atoms with Crippen LogP contribution in [0.4, 0.5) is 0 Å². The van der Waals surface area contributed by atoms with Crippen LogP contribution in [0.5, 0.6) is 0 Å². The molecule has 0 unspecified atom stereocenters. The van der Waals surface area contributed by atoms with Crippen molar-refractivity contribution >= 4 is 0 Å². The smallest absolute Gasteiger partial charge is 0.174 e. The van der Waals surface area contributed by atoms with Crippen molar-refractivity contribution in [1.82, 2.24) is 0 Å². The lowest BCUT2D eigenvalue weighted by Gasteiger charge is -2.57. The van der Waals surface area contributed by atoms with E-state index >= 15 is 0 Å². The zero-order chi connectivity index (χ0) is 16.2. The molecule has 132 valence electrons. The third-order valence-electron chi connectivity index (χ3n) is 9.16. The maximum Gasteiger partial charge on any atom is 0.174 e. The van der Waals surface area contributed by atoms with Crippen LogP contribution in [0, 0.1) is 28.6 Å². The zero-order valence-corrected chi connectivity index (χ0v) is 15.1. The van der Waals surface area contributed by atoms with Crippen LogP contribution in [-0.4, -0.2) is 31.2 Å². The number of fused-ring (bicyclic) bond motifs is 8. The van der Waals surface area contributed by atoms with Crippen LogP contribution in [0.25, 0.3) is 0 Å². The molecular formula is C21H30O3. The van der Waals surface area contributed by atoms with Gasteiger partial charge in [-0.1, -0.05) is 19.9 Å². The summed E-state index contributed by atoms with van der Waals surface area (Å²) in [5.74, 6) is 2.17. The summed E-state index contributed by atoms with van der Waals surface area (Å²) < 4.78 is 18.5. The summed E-state index contributed by atoms with van der Waals surface area (Å²) >= 11 is 0. The quantitative estimate of drug-likeness (QED) is 0.495. The molecule has 5 fully saturated rings. The number of epoxide rings is 1. The fourth-order valence-corrected chi connectivity index (χ4v) is 7.85. The van der Waals surface area contributed by atoms with Gasteiger partial charge in [-0.2, -0.15) is 0 Å². The number of rotatable bonds is 0. The molecule has 24 heavy (non-hydrogen) atoms. The van der Waals surface area contributed by atoms with Crippen molar-refractivity contribution in [3.05, 3.63) is 11.6 Å². The van der Waals surface area contributed by atoms with Gasteiger partial charge in [0, 0.05) is 11.8 Å². The highest BCUT2D eigenvalue weighted by Crippen LogP contribution is 2.69. The molecule has 1 spiro atoms. The molecule has 0 radical (unpaired) electrons. The maximum atomic E-state index is 6.25. The molecule has 0 aromatic carbocycles. The van der Waals surface area contributed by atoms with Gasteiger partial charge in [0.15, 0.2) is 5.79 Å². The van der Waals surface area contributed by atoms with E-state index in [9.17, 15) is 0 Å². The molecule has 0 bridgehead atoms. The summed E-state index contributed by atoms with van der Waals surface area (Å²) in [6.07, 6.45) is 12.5. The lowest BCUT2D eigenvalue weighted by atomic mass is 9.48. The van der Waals surface area contributed by atoms with Gasteiger partial charge in [0.05, 0.1) is 19.3 Å². The van der Waals surface area contributed by atoms with Crippen LogP contribution in [0.1, 0.15) is 58.8 Å². The topological polar surface area (TPSA) is 31.0 Å². The van der Waals surface area contributed by atoms with Crippen LogP contribution in [0.2, 0.25) is 0 Å². The summed E-state index contributed by atoms with van der Waals surface area (Å²) in [5, 5.41) is 0. The Hall–Kier alpha value is -0.380. The molecule has 0 N–H and O–H groups in total. The van der Waals surface area contributed by atoms with Gasteiger partial charge in [0.2, 0.25) is 0 Å². The van der Waals surface area contributed by atoms with E-state index in [1.807, 2.05) is 0 Å². The second-order valence-corrected chi connectivity index (χ2v) is 9.77. The normalized spacial score (nSPS) is 56.9. The summed E-state index contributed by atoms with van der Waals surface area (Å²) in [6, 6.07) is 0. The fourth-order valence-electron chi connectivity index (χ4n) is 7.85. The van der Waals surface area contributed by atoms with Crippen molar-refractivity contribution < 1.29 is 14.2 Å². The van der Waals surface area contributed by atoms with Crippen molar-refractivity contribution in [2.45, 2.75) is 76.8 Å². The van der Waals surface area contributed by atoms with Crippen LogP contribution in [-0.2, 0) is 14.2 Å². The summed E-state index contributed by atoms with van der Waals surface area (Å²) in [4.78, 5) is 0. The molecule has 3 nitrogen and oxygen atoms in total. The van der Waals surface area contributed by atoms with Gasteiger partial charge in [-0.25, -0.2) is 0 Å². The molecule has 2 aliphatic heterocycles. The number of hydrogen-bond acceptors (Lipinski definition) is 3. The van der Waals surface area contributed by atoms with Gasteiger partial charge in [-0.05, 0) is 67.3 Å². The molecule has 2 heterocycles. The van der Waals surface area contributed by atoms with E-state index in [1.54, 1.807) is 5.57 Å². The molecule has 3 saturated carbocycles. The van der Waals surface area contributed by atoms with E-state index < -0.39 is 0 Å². The molecule has 7 atom stereocenters. The van der Waals surface area contributed by atoms with Gasteiger partial charge >= 0.3 is 0 Å². The largest absolute Gasteiger partial charge is 0.365 e. The molecule has 3 heteroatoms. The zero-order valence-electron chi connectivity index (χ0n) is 15.1. The summed E-state index contributed by atoms with van der Waals surface area (Å²) in [7, 11) is 0. The van der Waals surface area contributed by atoms with Gasteiger partial charge in [-0.15, -0.1) is 0 Å². The Labute approximate surface area is 145 Å². The molecule has 6 rings (SSSR count). The Morgan fingerprint density at radius 1 is 0.958 bits per heavy atom. The molecule has 2 saturated heterocycles. The van der Waals surface area contributed by atoms with Crippen LogP contribution >= 0.6 is 0 Å². The number of allylic oxidation sites excluding steroid dienone is 1. The Morgan fingerprint density at radius 3 is 2.58 bits per heavy atom. The van der Waals surface area contributed by atoms with E-state index in [0.29, 0.717) is 17.6 Å².